The summed E-state index contributed by atoms with van der Waals surface area (Å²) in [5.41, 5.74) is 0. The summed E-state index contributed by atoms with van der Waals surface area (Å²) >= 11 is 0. The van der Waals surface area contributed by atoms with Gasteiger partial charge in [0.05, 0.1) is 55.5 Å². The fourth-order valence-electron chi connectivity index (χ4n) is 7.51. The molecule has 0 rings (SSSR count). The Morgan fingerprint density at radius 2 is 0.588 bits per heavy atom. The molecule has 0 heterocycles. The van der Waals surface area contributed by atoms with Gasteiger partial charge in [0.1, 0.15) is 51.7 Å². The summed E-state index contributed by atoms with van der Waals surface area (Å²) in [5.74, 6) is 0. The molecule has 0 aromatic carbocycles. The molecule has 0 saturated carbocycles. The van der Waals surface area contributed by atoms with Crippen molar-refractivity contribution in [3.63, 3.8) is 0 Å². The Morgan fingerprint density at radius 1 is 0.338 bits per heavy atom. The van der Waals surface area contributed by atoms with Crippen LogP contribution in [0, 0.1) is 0 Å². The van der Waals surface area contributed by atoms with Gasteiger partial charge in [-0.3, -0.25) is 0 Å². The lowest BCUT2D eigenvalue weighted by Gasteiger charge is -2.26. The Labute approximate surface area is 420 Å². The molecule has 0 aliphatic rings. The van der Waals surface area contributed by atoms with Crippen molar-refractivity contribution in [2.75, 3.05) is 121 Å². The molecule has 0 aromatic heterocycles. The smallest absolute Gasteiger partial charge is 0.377 e. The Morgan fingerprint density at radius 3 is 0.853 bits per heavy atom. The Hall–Kier alpha value is 0.300. The highest BCUT2D eigenvalue weighted by Crippen LogP contribution is 2.48. The lowest BCUT2D eigenvalue weighted by atomic mass is 10.0. The molecule has 0 spiro atoms. The molecular formula is C52H112N2O12P2+2. The van der Waals surface area contributed by atoms with E-state index < -0.39 is 28.5 Å². The third kappa shape index (κ3) is 52.6. The van der Waals surface area contributed by atoms with E-state index in [1.807, 2.05) is 42.3 Å². The first-order valence-corrected chi connectivity index (χ1v) is 30.7. The normalized spacial score (nSPS) is 15.2. The van der Waals surface area contributed by atoms with Crippen LogP contribution in [-0.4, -0.2) is 152 Å². The number of hydrogen-bond donors (Lipinski definition) is 2. The average molecular weight is 1020 g/mol. The number of rotatable bonds is 55. The first kappa shape index (κ1) is 68.3. The number of ether oxygens (including phenoxy) is 4. The van der Waals surface area contributed by atoms with Crippen molar-refractivity contribution in [3.8, 4) is 0 Å². The largest absolute Gasteiger partial charge is 0.606 e. The molecule has 0 saturated heterocycles. The summed E-state index contributed by atoms with van der Waals surface area (Å²) in [6.45, 7) is 9.08. The lowest BCUT2D eigenvalue weighted by molar-refractivity contribution is -0.870. The highest BCUT2D eigenvalue weighted by molar-refractivity contribution is 7.53. The standard InChI is InChI=1S/C52H110N2O12P2/c1-9-11-13-15-33-37-43-61-51(49-65-67(55,56)63-45-39-53(3,4)5)47-59-41-35-31-29-27-25-23-21-19-17-18-20-22-24-26-28-30-32-36-42-60-48-52(62-44-38-34-16-14-12-10-2)50-66-68(57,58)64-46-40-54(6,7)8/h51-52H,9-50H2,1-8H3/p+2/t51-,52-/m1/s1. The van der Waals surface area contributed by atoms with E-state index in [1.54, 1.807) is 0 Å². The number of phosphoric acid groups is 2. The zero-order valence-corrected chi connectivity index (χ0v) is 47.4. The van der Waals surface area contributed by atoms with Crippen LogP contribution in [-0.2, 0) is 37.0 Å². The summed E-state index contributed by atoms with van der Waals surface area (Å²) in [6.07, 6.45) is 36.0. The maximum Gasteiger partial charge on any atom is 0.377 e. The van der Waals surface area contributed by atoms with Crippen molar-refractivity contribution in [1.82, 2.24) is 0 Å². The summed E-state index contributed by atoms with van der Waals surface area (Å²) < 4.78 is 46.2. The van der Waals surface area contributed by atoms with Crippen molar-refractivity contribution >= 4 is 16.3 Å². The van der Waals surface area contributed by atoms with Gasteiger partial charge >= 0.3 is 16.3 Å². The summed E-state index contributed by atoms with van der Waals surface area (Å²) in [5, 5.41) is 0. The predicted molar refractivity (Wildman–Crippen MR) is 279 cm³/mol. The summed E-state index contributed by atoms with van der Waals surface area (Å²) in [7, 11) is 3.73. The van der Waals surface area contributed by atoms with E-state index in [9.17, 15) is 19.6 Å². The van der Waals surface area contributed by atoms with E-state index in [1.165, 1.54) is 141 Å². The number of phosphoric ester groups is 2. The van der Waals surface area contributed by atoms with Gasteiger partial charge in [-0.2, -0.15) is 27.9 Å². The van der Waals surface area contributed by atoms with E-state index in [0.717, 1.165) is 51.4 Å². The zero-order chi connectivity index (χ0) is 50.5. The van der Waals surface area contributed by atoms with Crippen molar-refractivity contribution in [3.05, 3.63) is 0 Å². The molecule has 4 atom stereocenters. The SMILES string of the molecule is CCCCCCCCO[C@H](COCCCCCCCCCCCCCCCCCCCCOC[C@H](CO[P+]([O-])(O)OCC[N+](C)(C)C)OCCCCCCCC)CO[P+]([O-])(O)OCC[N+](C)(C)C. The van der Waals surface area contributed by atoms with Gasteiger partial charge in [0.25, 0.3) is 0 Å². The molecule has 0 aliphatic carbocycles. The first-order valence-electron chi connectivity index (χ1n) is 27.7. The maximum atomic E-state index is 12.4. The topological polar surface area (TPSA) is 160 Å². The highest BCUT2D eigenvalue weighted by Gasteiger charge is 2.31. The predicted octanol–water partition coefficient (Wildman–Crippen LogP) is 11.1. The van der Waals surface area contributed by atoms with Gasteiger partial charge in [-0.25, -0.2) is 0 Å². The molecule has 0 radical (unpaired) electrons. The first-order chi connectivity index (χ1) is 32.5. The van der Waals surface area contributed by atoms with Crippen LogP contribution in [0.25, 0.3) is 0 Å². The van der Waals surface area contributed by atoms with E-state index in [2.05, 4.69) is 13.8 Å². The van der Waals surface area contributed by atoms with Crippen LogP contribution < -0.4 is 9.79 Å². The molecular weight excluding hydrogens is 907 g/mol. The van der Waals surface area contributed by atoms with Crippen molar-refractivity contribution in [2.45, 2.75) is 219 Å². The van der Waals surface area contributed by atoms with Gasteiger partial charge < -0.3 is 37.7 Å². The van der Waals surface area contributed by atoms with Crippen LogP contribution in [0.4, 0.5) is 0 Å². The molecule has 16 heteroatoms. The fourth-order valence-corrected chi connectivity index (χ4v) is 8.99. The second kappa shape index (κ2) is 45.9. The molecule has 0 aromatic rings. The van der Waals surface area contributed by atoms with Gasteiger partial charge in [0.2, 0.25) is 0 Å². The van der Waals surface area contributed by atoms with Crippen LogP contribution in [0.1, 0.15) is 206 Å². The maximum absolute atomic E-state index is 12.4. The van der Waals surface area contributed by atoms with Gasteiger partial charge in [-0.15, -0.1) is 0 Å². The number of hydrogen-bond acceptors (Lipinski definition) is 12. The van der Waals surface area contributed by atoms with Crippen LogP contribution in [0.3, 0.4) is 0 Å². The van der Waals surface area contributed by atoms with Gasteiger partial charge in [-0.05, 0) is 25.7 Å². The molecule has 14 nitrogen and oxygen atoms in total. The number of quaternary nitrogens is 2. The number of nitrogens with zero attached hydrogens (tertiary/aromatic N) is 2. The van der Waals surface area contributed by atoms with Crippen molar-refractivity contribution in [2.24, 2.45) is 0 Å². The molecule has 0 bridgehead atoms. The van der Waals surface area contributed by atoms with Gasteiger partial charge in [0.15, 0.2) is 0 Å². The molecule has 0 fully saturated rings. The Kier molecular flexibility index (Phi) is 46.1. The zero-order valence-electron chi connectivity index (χ0n) is 45.6. The molecule has 2 N–H and O–H groups in total. The third-order valence-electron chi connectivity index (χ3n) is 12.0. The van der Waals surface area contributed by atoms with Gasteiger partial charge in [-0.1, -0.05) is 181 Å². The molecule has 0 amide bonds. The van der Waals surface area contributed by atoms with Crippen LogP contribution in [0.5, 0.6) is 0 Å². The average Bonchev–Trinajstić information content (AvgIpc) is 3.26. The minimum absolute atomic E-state index is 0.0272. The Balaban J connectivity index is 3.95. The van der Waals surface area contributed by atoms with E-state index in [0.29, 0.717) is 61.7 Å². The molecule has 68 heavy (non-hydrogen) atoms. The molecule has 2 unspecified atom stereocenters. The molecule has 0 aliphatic heterocycles. The van der Waals surface area contributed by atoms with Crippen LogP contribution >= 0.6 is 16.3 Å². The fraction of sp³-hybridized carbons (Fsp3) is 1.00. The van der Waals surface area contributed by atoms with Crippen molar-refractivity contribution in [1.29, 1.82) is 0 Å². The third-order valence-corrected chi connectivity index (χ3v) is 14.0. The second-order valence-corrected chi connectivity index (χ2v) is 24.2. The number of unbranched alkanes of at least 4 members (excludes halogenated alkanes) is 27. The van der Waals surface area contributed by atoms with Crippen LogP contribution in [0.2, 0.25) is 0 Å². The summed E-state index contributed by atoms with van der Waals surface area (Å²) in [4.78, 5) is 45.2. The van der Waals surface area contributed by atoms with E-state index in [-0.39, 0.29) is 26.4 Å². The quantitative estimate of drug-likeness (QED) is 0.0338. The Bertz CT molecular complexity index is 975. The monoisotopic (exact) mass is 1020 g/mol. The van der Waals surface area contributed by atoms with Crippen LogP contribution in [0.15, 0.2) is 0 Å². The minimum Gasteiger partial charge on any atom is -0.606 e. The summed E-state index contributed by atoms with van der Waals surface area (Å²) in [6, 6.07) is 0. The lowest BCUT2D eigenvalue weighted by Crippen LogP contribution is -2.38. The highest BCUT2D eigenvalue weighted by atomic mass is 31.2. The second-order valence-electron chi connectivity index (χ2n) is 21.3. The van der Waals surface area contributed by atoms with E-state index in [4.69, 9.17) is 37.0 Å². The molecule has 410 valence electrons. The minimum atomic E-state index is -4.15. The van der Waals surface area contributed by atoms with Crippen molar-refractivity contribution < 1.29 is 65.6 Å². The van der Waals surface area contributed by atoms with Gasteiger partial charge in [0, 0.05) is 26.4 Å². The number of likely N-dealkylation sites (N-methyl/N-ethyl adjacent to an activating group) is 2. The van der Waals surface area contributed by atoms with E-state index >= 15 is 0 Å².